The van der Waals surface area contributed by atoms with Gasteiger partial charge in [0.05, 0.1) is 12.5 Å². The Bertz CT molecular complexity index is 451. The van der Waals surface area contributed by atoms with Gasteiger partial charge in [0.2, 0.25) is 5.91 Å². The molecule has 20 heavy (non-hydrogen) atoms. The van der Waals surface area contributed by atoms with E-state index in [1.165, 1.54) is 0 Å². The van der Waals surface area contributed by atoms with E-state index in [4.69, 9.17) is 23.2 Å². The van der Waals surface area contributed by atoms with Crippen molar-refractivity contribution in [3.05, 3.63) is 33.8 Å². The molecule has 1 heterocycles. The van der Waals surface area contributed by atoms with E-state index < -0.39 is 6.10 Å². The highest BCUT2D eigenvalue weighted by Gasteiger charge is 2.25. The number of carbonyl (C=O) groups excluding carboxylic acids is 1. The summed E-state index contributed by atoms with van der Waals surface area (Å²) in [7, 11) is 0. The summed E-state index contributed by atoms with van der Waals surface area (Å²) < 4.78 is 0. The van der Waals surface area contributed by atoms with E-state index in [1.807, 2.05) is 0 Å². The molecular formula is C13H17Cl3N2O2. The largest absolute Gasteiger partial charge is 0.391 e. The molecule has 1 saturated heterocycles. The number of nitrogens with one attached hydrogen (secondary N) is 2. The Hall–Kier alpha value is -0.520. The van der Waals surface area contributed by atoms with Crippen LogP contribution in [0.5, 0.6) is 0 Å². The zero-order valence-corrected chi connectivity index (χ0v) is 13.1. The summed E-state index contributed by atoms with van der Waals surface area (Å²) in [5.41, 5.74) is 0.633. The Morgan fingerprint density at radius 2 is 2.00 bits per heavy atom. The minimum Gasteiger partial charge on any atom is -0.391 e. The van der Waals surface area contributed by atoms with Crippen molar-refractivity contribution in [3.63, 3.8) is 0 Å². The van der Waals surface area contributed by atoms with Crippen molar-refractivity contribution in [2.45, 2.75) is 12.5 Å². The first-order valence-electron chi connectivity index (χ1n) is 6.16. The van der Waals surface area contributed by atoms with E-state index in [0.717, 1.165) is 0 Å². The van der Waals surface area contributed by atoms with Crippen LogP contribution in [0.4, 0.5) is 0 Å². The average Bonchev–Trinajstić information content (AvgIpc) is 2.77. The van der Waals surface area contributed by atoms with Crippen molar-refractivity contribution < 1.29 is 9.90 Å². The van der Waals surface area contributed by atoms with Crippen LogP contribution < -0.4 is 10.6 Å². The monoisotopic (exact) mass is 338 g/mol. The van der Waals surface area contributed by atoms with Crippen LogP contribution in [0.3, 0.4) is 0 Å². The number of hydrogen-bond acceptors (Lipinski definition) is 3. The third-order valence-electron chi connectivity index (χ3n) is 3.26. The van der Waals surface area contributed by atoms with Gasteiger partial charge >= 0.3 is 0 Å². The molecule has 2 unspecified atom stereocenters. The molecule has 1 aromatic carbocycles. The first-order valence-corrected chi connectivity index (χ1v) is 6.92. The molecule has 1 aliphatic heterocycles. The van der Waals surface area contributed by atoms with Crippen LogP contribution in [0.1, 0.15) is 5.56 Å². The fourth-order valence-corrected chi connectivity index (χ4v) is 2.63. The number of benzene rings is 1. The number of amides is 1. The highest BCUT2D eigenvalue weighted by atomic mass is 35.5. The summed E-state index contributed by atoms with van der Waals surface area (Å²) in [5.74, 6) is -0.0835. The number of β-amino-alcohol motifs (C(OH)–C–C–N with tert-alkyl or cyclic N) is 1. The van der Waals surface area contributed by atoms with Crippen LogP contribution in [0, 0.1) is 5.92 Å². The van der Waals surface area contributed by atoms with Gasteiger partial charge in [0, 0.05) is 35.6 Å². The lowest BCUT2D eigenvalue weighted by Gasteiger charge is -2.14. The number of halogens is 3. The molecule has 1 aromatic rings. The number of hydrogen-bond donors (Lipinski definition) is 3. The van der Waals surface area contributed by atoms with Gasteiger partial charge in [-0.05, 0) is 17.7 Å². The van der Waals surface area contributed by atoms with E-state index >= 15 is 0 Å². The Morgan fingerprint density at radius 3 is 2.55 bits per heavy atom. The third kappa shape index (κ3) is 4.50. The average molecular weight is 340 g/mol. The highest BCUT2D eigenvalue weighted by Crippen LogP contribution is 2.24. The molecule has 2 rings (SSSR count). The Balaban J connectivity index is 0.00000200. The second-order valence-corrected chi connectivity index (χ2v) is 5.48. The van der Waals surface area contributed by atoms with Crippen LogP contribution in [-0.4, -0.2) is 36.8 Å². The van der Waals surface area contributed by atoms with E-state index in [2.05, 4.69) is 10.6 Å². The van der Waals surface area contributed by atoms with Gasteiger partial charge in [-0.25, -0.2) is 0 Å². The summed E-state index contributed by atoms with van der Waals surface area (Å²) in [4.78, 5) is 11.8. The van der Waals surface area contributed by atoms with Gasteiger partial charge in [0.15, 0.2) is 0 Å². The Kier molecular flexibility index (Phi) is 7.06. The number of carbonyl (C=O) groups is 1. The SMILES string of the molecule is Cl.O=C(Cc1c(Cl)cccc1Cl)NCC1CNCC1O. The summed E-state index contributed by atoms with van der Waals surface area (Å²) in [5, 5.41) is 16.5. The lowest BCUT2D eigenvalue weighted by atomic mass is 10.1. The summed E-state index contributed by atoms with van der Waals surface area (Å²) in [6.45, 7) is 1.75. The molecule has 0 aliphatic carbocycles. The first-order chi connectivity index (χ1) is 9.08. The second-order valence-electron chi connectivity index (χ2n) is 4.67. The van der Waals surface area contributed by atoms with E-state index in [0.29, 0.717) is 35.2 Å². The molecule has 0 saturated carbocycles. The zero-order chi connectivity index (χ0) is 13.8. The quantitative estimate of drug-likeness (QED) is 0.782. The normalized spacial score (nSPS) is 21.4. The molecule has 1 fully saturated rings. The standard InChI is InChI=1S/C13H16Cl2N2O2.ClH/c14-10-2-1-3-11(15)9(10)4-13(19)17-6-8-5-16-7-12(8)18;/h1-3,8,12,16,18H,4-7H2,(H,17,19);1H. The van der Waals surface area contributed by atoms with Crippen LogP contribution in [0.15, 0.2) is 18.2 Å². The molecule has 4 nitrogen and oxygen atoms in total. The van der Waals surface area contributed by atoms with Gasteiger partial charge in [0.1, 0.15) is 0 Å². The molecule has 7 heteroatoms. The van der Waals surface area contributed by atoms with Crippen molar-refractivity contribution in [2.24, 2.45) is 5.92 Å². The zero-order valence-electron chi connectivity index (χ0n) is 10.7. The maximum absolute atomic E-state index is 11.8. The van der Waals surface area contributed by atoms with Gasteiger partial charge in [-0.2, -0.15) is 0 Å². The predicted octanol–water partition coefficient (Wildman–Crippen LogP) is 1.65. The minimum atomic E-state index is -0.399. The molecule has 3 N–H and O–H groups in total. The lowest BCUT2D eigenvalue weighted by molar-refractivity contribution is -0.120. The number of rotatable bonds is 4. The van der Waals surface area contributed by atoms with Crippen LogP contribution in [0.2, 0.25) is 10.0 Å². The van der Waals surface area contributed by atoms with Crippen molar-refractivity contribution in [1.82, 2.24) is 10.6 Å². The van der Waals surface area contributed by atoms with Crippen molar-refractivity contribution in [2.75, 3.05) is 19.6 Å². The van der Waals surface area contributed by atoms with E-state index in [-0.39, 0.29) is 30.7 Å². The summed E-state index contributed by atoms with van der Waals surface area (Å²) in [6, 6.07) is 5.16. The van der Waals surface area contributed by atoms with Gasteiger partial charge in [-0.1, -0.05) is 29.3 Å². The van der Waals surface area contributed by atoms with Crippen LogP contribution in [0.25, 0.3) is 0 Å². The van der Waals surface area contributed by atoms with Gasteiger partial charge in [0.25, 0.3) is 0 Å². The van der Waals surface area contributed by atoms with Gasteiger partial charge < -0.3 is 15.7 Å². The third-order valence-corrected chi connectivity index (χ3v) is 3.97. The van der Waals surface area contributed by atoms with Gasteiger partial charge in [-0.3, -0.25) is 4.79 Å². The molecule has 1 aliphatic rings. The first kappa shape index (κ1) is 17.5. The second kappa shape index (κ2) is 8.05. The van der Waals surface area contributed by atoms with Crippen LogP contribution >= 0.6 is 35.6 Å². The Morgan fingerprint density at radius 1 is 1.35 bits per heavy atom. The molecule has 0 radical (unpaired) electrons. The predicted molar refractivity (Wildman–Crippen MR) is 82.8 cm³/mol. The van der Waals surface area contributed by atoms with Crippen molar-refractivity contribution in [3.8, 4) is 0 Å². The van der Waals surface area contributed by atoms with E-state index in [1.54, 1.807) is 18.2 Å². The topological polar surface area (TPSA) is 61.4 Å². The molecule has 0 aromatic heterocycles. The number of aliphatic hydroxyl groups excluding tert-OH is 1. The maximum Gasteiger partial charge on any atom is 0.224 e. The molecule has 112 valence electrons. The fourth-order valence-electron chi connectivity index (χ4n) is 2.10. The fraction of sp³-hybridized carbons (Fsp3) is 0.462. The van der Waals surface area contributed by atoms with Crippen molar-refractivity contribution in [1.29, 1.82) is 0 Å². The maximum atomic E-state index is 11.8. The lowest BCUT2D eigenvalue weighted by Crippen LogP contribution is -2.35. The molecule has 0 bridgehead atoms. The molecule has 1 amide bonds. The minimum absolute atomic E-state index is 0. The Labute approximate surface area is 134 Å². The molecule has 2 atom stereocenters. The molecule has 0 spiro atoms. The number of aliphatic hydroxyl groups is 1. The van der Waals surface area contributed by atoms with Gasteiger partial charge in [-0.15, -0.1) is 12.4 Å². The molecular weight excluding hydrogens is 323 g/mol. The smallest absolute Gasteiger partial charge is 0.224 e. The summed E-state index contributed by atoms with van der Waals surface area (Å²) in [6.07, 6.45) is -0.251. The van der Waals surface area contributed by atoms with Crippen LogP contribution in [-0.2, 0) is 11.2 Å². The highest BCUT2D eigenvalue weighted by molar-refractivity contribution is 6.36. The van der Waals surface area contributed by atoms with Crippen molar-refractivity contribution >= 4 is 41.5 Å². The summed E-state index contributed by atoms with van der Waals surface area (Å²) >= 11 is 12.0. The van der Waals surface area contributed by atoms with E-state index in [9.17, 15) is 9.90 Å².